The Labute approximate surface area is 750 Å². The third kappa shape index (κ3) is 41.8. The van der Waals surface area contributed by atoms with E-state index >= 15 is 0 Å². The van der Waals surface area contributed by atoms with Gasteiger partial charge in [0, 0.05) is 33.9 Å². The van der Waals surface area contributed by atoms with Gasteiger partial charge in [-0.25, -0.2) is 13.2 Å². The van der Waals surface area contributed by atoms with Gasteiger partial charge in [0.1, 0.15) is 34.7 Å². The van der Waals surface area contributed by atoms with Crippen molar-refractivity contribution in [3.8, 4) is 61.8 Å². The monoisotopic (exact) mass is 1780 g/mol. The smallest absolute Gasteiger partial charge is 0.870 e. The summed E-state index contributed by atoms with van der Waals surface area (Å²) < 4.78 is 75.2. The van der Waals surface area contributed by atoms with Crippen LogP contribution in [0.5, 0.6) is 17.2 Å². The zero-order chi connectivity index (χ0) is 85.6. The van der Waals surface area contributed by atoms with Crippen LogP contribution < -0.4 is 62.9 Å². The molecule has 12 aromatic rings. The molecular formula is C91H90B3Br2F3Li2O21. The quantitative estimate of drug-likeness (QED) is 0.0223. The average Bonchev–Trinajstić information content (AvgIpc) is 0.841. The summed E-state index contributed by atoms with van der Waals surface area (Å²) in [7, 11) is 7.20. The van der Waals surface area contributed by atoms with Crippen molar-refractivity contribution in [2.24, 2.45) is 0 Å². The maximum atomic E-state index is 13.6. The number of carboxylic acids is 2. The zero-order valence-corrected chi connectivity index (χ0v) is 71.8. The number of carbonyl (C=O) groups excluding carboxylic acids is 4. The molecule has 0 aromatic heterocycles. The molecule has 0 aliphatic rings. The molecule has 0 spiro atoms. The first-order valence-corrected chi connectivity index (χ1v) is 37.2. The Morgan fingerprint density at radius 2 is 0.566 bits per heavy atom. The topological polar surface area (TPSA) is 348 Å². The van der Waals surface area contributed by atoms with Gasteiger partial charge in [-0.2, -0.15) is 0 Å². The molecule has 21 nitrogen and oxygen atoms in total. The SMILES string of the molecule is COC(=O)Cc1ccc(-c2cccc(OC)c2)cc1.COC(=O)Cc1ccc(-c2ccccc2F)cc1.COC(=O)Cc1ccc(Br)cc1.COC(=O)Cc1ccc(Br)cc1.COc1cccc(-c2ccc(CC(=O)O)cc2)c1.COc1cccc(B(O)O)c1.O=C(O)Cc1ccc(-c2ccccc2F)cc1.OB(O)c1ccccc1F.[BH].[Li+].[Li+].[OH-].[OH-]. The van der Waals surface area contributed by atoms with Crippen LogP contribution in [0.1, 0.15) is 33.4 Å². The van der Waals surface area contributed by atoms with E-state index in [4.69, 9.17) is 44.5 Å². The van der Waals surface area contributed by atoms with Crippen molar-refractivity contribution >= 4 is 101 Å². The number of ether oxygens (including phenoxy) is 7. The van der Waals surface area contributed by atoms with E-state index in [1.807, 2.05) is 146 Å². The van der Waals surface area contributed by atoms with Crippen LogP contribution in [-0.4, -0.2) is 149 Å². The van der Waals surface area contributed by atoms with Gasteiger partial charge in [-0.3, -0.25) is 28.8 Å². The average molecular weight is 1780 g/mol. The van der Waals surface area contributed by atoms with Gasteiger partial charge >= 0.3 is 87.8 Å². The summed E-state index contributed by atoms with van der Waals surface area (Å²) >= 11 is 6.63. The number of carboxylic acid groups (broad SMARTS) is 2. The first kappa shape index (κ1) is 111. The maximum absolute atomic E-state index is 13.6. The third-order valence-electron chi connectivity index (χ3n) is 16.4. The first-order valence-electron chi connectivity index (χ1n) is 35.6. The molecule has 31 heteroatoms. The predicted molar refractivity (Wildman–Crippen MR) is 464 cm³/mol. The second-order valence-electron chi connectivity index (χ2n) is 24.7. The fourth-order valence-corrected chi connectivity index (χ4v) is 10.8. The van der Waals surface area contributed by atoms with Crippen LogP contribution in [0.2, 0.25) is 0 Å². The Kier molecular flexibility index (Phi) is 55.5. The van der Waals surface area contributed by atoms with Crippen molar-refractivity contribution in [2.75, 3.05) is 49.8 Å². The number of carbonyl (C=O) groups is 6. The molecule has 626 valence electrons. The molecule has 0 atom stereocenters. The van der Waals surface area contributed by atoms with Crippen LogP contribution in [0.15, 0.2) is 300 Å². The number of rotatable bonds is 21. The summed E-state index contributed by atoms with van der Waals surface area (Å²) in [4.78, 5) is 65.1. The van der Waals surface area contributed by atoms with E-state index in [1.54, 1.807) is 123 Å². The zero-order valence-electron chi connectivity index (χ0n) is 68.6. The molecule has 0 saturated carbocycles. The first-order chi connectivity index (χ1) is 56.2. The summed E-state index contributed by atoms with van der Waals surface area (Å²) in [5, 5.41) is 51.9. The number of esters is 4. The number of halogens is 5. The van der Waals surface area contributed by atoms with Crippen molar-refractivity contribution in [3.63, 3.8) is 0 Å². The molecule has 0 aliphatic carbocycles. The van der Waals surface area contributed by atoms with Gasteiger partial charge in [0.2, 0.25) is 0 Å². The molecule has 122 heavy (non-hydrogen) atoms. The molecule has 0 amide bonds. The number of hydrogen-bond donors (Lipinski definition) is 6. The molecule has 0 aliphatic heterocycles. The summed E-state index contributed by atoms with van der Waals surface area (Å²) in [6, 6.07) is 85.5. The van der Waals surface area contributed by atoms with Gasteiger partial charge in [-0.1, -0.05) is 244 Å². The Hall–Kier alpha value is -11.2. The molecule has 0 fully saturated rings. The van der Waals surface area contributed by atoms with Gasteiger partial charge < -0.3 is 74.4 Å². The van der Waals surface area contributed by atoms with E-state index in [-0.39, 0.29) is 117 Å². The maximum Gasteiger partial charge on any atom is 1.00 e. The minimum absolute atomic E-state index is 0. The Bertz CT molecular complexity index is 5010. The number of methoxy groups -OCH3 is 7. The van der Waals surface area contributed by atoms with E-state index in [2.05, 4.69) is 50.8 Å². The molecule has 0 saturated heterocycles. The number of aliphatic carboxylic acids is 2. The van der Waals surface area contributed by atoms with Crippen LogP contribution in [0.4, 0.5) is 13.2 Å². The standard InChI is InChI=1S/C16H16O3.C15H13FO2.C15H14O3.C14H11FO2.2C9H9BrO2.C7H9BO3.C6H6BFO2.BH.2Li.2H2O/c1-18-15-5-3-4-14(11-15)13-8-6-12(7-9-13)10-16(17)19-2;1-18-15(17)10-11-6-8-12(9-7-11)13-4-2-3-5-14(13)16;1-18-14-4-2-3-13(10-14)12-7-5-11(6-8-12)9-15(16)17;15-13-4-2-1-3-12(13)11-7-5-10(6-8-11)9-14(16)17;2*1-12-9(11)6-7-2-4-8(10)5-3-7;1-11-7-4-2-3-6(5-7)8(9)10;8-6-4-2-1-3-5(6)7(9)10;;;;;/h3-9,11H,10H2,1-2H3;2-9H,10H2,1H3;2-8,10H,9H2,1H3,(H,16,17);1-8H,9H2,(H,16,17);2*2-5H,6H2,1H3;2-5,9-10H,1H3;1-4,9-10H;1H;;;2*1H2/q;;;;;;;;;2*+1;;/p-2. The van der Waals surface area contributed by atoms with E-state index in [0.29, 0.717) is 47.2 Å². The fourth-order valence-electron chi connectivity index (χ4n) is 10.2. The van der Waals surface area contributed by atoms with E-state index in [9.17, 15) is 41.9 Å². The van der Waals surface area contributed by atoms with Crippen molar-refractivity contribution in [3.05, 3.63) is 351 Å². The van der Waals surface area contributed by atoms with Crippen LogP contribution in [-0.2, 0) is 86.2 Å². The molecule has 0 bridgehead atoms. The van der Waals surface area contributed by atoms with Gasteiger partial charge in [0.25, 0.3) is 0 Å². The molecule has 0 heterocycles. The fraction of sp³-hybridized carbons (Fsp3) is 0.143. The van der Waals surface area contributed by atoms with Gasteiger partial charge in [-0.05, 0) is 151 Å². The van der Waals surface area contributed by atoms with Crippen LogP contribution in [0.25, 0.3) is 44.5 Å². The second-order valence-corrected chi connectivity index (χ2v) is 26.5. The van der Waals surface area contributed by atoms with Crippen molar-refractivity contribution < 1.29 is 154 Å². The summed E-state index contributed by atoms with van der Waals surface area (Å²) in [6.45, 7) is 0. The van der Waals surface area contributed by atoms with Gasteiger partial charge in [-0.15, -0.1) is 0 Å². The van der Waals surface area contributed by atoms with Crippen LogP contribution >= 0.6 is 31.9 Å². The molecule has 2 radical (unpaired) electrons. The summed E-state index contributed by atoms with van der Waals surface area (Å²) in [5.41, 5.74) is 12.5. The Morgan fingerprint density at radius 3 is 0.828 bits per heavy atom. The summed E-state index contributed by atoms with van der Waals surface area (Å²) in [5.74, 6) is -1.49. The largest absolute Gasteiger partial charge is 1.00 e. The normalized spacial score (nSPS) is 9.44. The Morgan fingerprint density at radius 1 is 0.303 bits per heavy atom. The predicted octanol–water partition coefficient (Wildman–Crippen LogP) is 8.61. The summed E-state index contributed by atoms with van der Waals surface area (Å²) in [6.07, 6.45) is 1.24. The molecular weight excluding hydrogens is 1690 g/mol. The third-order valence-corrected chi connectivity index (χ3v) is 17.5. The van der Waals surface area contributed by atoms with Gasteiger partial charge in [0.15, 0.2) is 0 Å². The van der Waals surface area contributed by atoms with E-state index in [1.165, 1.54) is 71.9 Å². The van der Waals surface area contributed by atoms with Crippen LogP contribution in [0, 0.1) is 17.5 Å². The molecule has 12 rings (SSSR count). The minimum Gasteiger partial charge on any atom is -0.870 e. The van der Waals surface area contributed by atoms with E-state index < -0.39 is 32.0 Å². The number of benzene rings is 12. The van der Waals surface area contributed by atoms with Crippen molar-refractivity contribution in [2.45, 2.75) is 38.5 Å². The van der Waals surface area contributed by atoms with E-state index in [0.717, 1.165) is 81.6 Å². The van der Waals surface area contributed by atoms with Gasteiger partial charge in [0.05, 0.1) is 88.3 Å². The second kappa shape index (κ2) is 61.1. The molecule has 12 aromatic carbocycles. The van der Waals surface area contributed by atoms with Crippen molar-refractivity contribution in [1.82, 2.24) is 0 Å². The Balaban J connectivity index is 0.00000138. The molecule has 8 N–H and O–H groups in total. The van der Waals surface area contributed by atoms with Crippen molar-refractivity contribution in [1.29, 1.82) is 0 Å². The number of hydrogen-bond acceptors (Lipinski definition) is 19. The molecule has 0 unspecified atom stereocenters. The minimum atomic E-state index is -1.72. The van der Waals surface area contributed by atoms with Crippen LogP contribution in [0.3, 0.4) is 0 Å².